The van der Waals surface area contributed by atoms with Crippen molar-refractivity contribution in [2.75, 3.05) is 0 Å². The van der Waals surface area contributed by atoms with Gasteiger partial charge in [-0.1, -0.05) is 19.4 Å². The van der Waals surface area contributed by atoms with Gasteiger partial charge in [-0.05, 0) is 80.5 Å². The van der Waals surface area contributed by atoms with E-state index in [0.717, 1.165) is 55.9 Å². The van der Waals surface area contributed by atoms with E-state index in [2.05, 4.69) is 13.8 Å². The van der Waals surface area contributed by atoms with E-state index in [-0.39, 0.29) is 5.41 Å². The Morgan fingerprint density at radius 2 is 1.88 bits per heavy atom. The van der Waals surface area contributed by atoms with Gasteiger partial charge in [0.15, 0.2) is 0 Å². The highest BCUT2D eigenvalue weighted by Gasteiger charge is 2.59. The monoisotopic (exact) mass is 330 g/mol. The average Bonchev–Trinajstić information content (AvgIpc) is 2.83. The summed E-state index contributed by atoms with van der Waals surface area (Å²) in [6.07, 6.45) is 11.2. The zero-order valence-electron chi connectivity index (χ0n) is 15.0. The van der Waals surface area contributed by atoms with Gasteiger partial charge in [-0.15, -0.1) is 0 Å². The van der Waals surface area contributed by atoms with Crippen molar-refractivity contribution < 1.29 is 14.7 Å². The zero-order chi connectivity index (χ0) is 17.1. The van der Waals surface area contributed by atoms with E-state index in [1.807, 2.05) is 0 Å². The molecule has 3 nitrogen and oxygen atoms in total. The van der Waals surface area contributed by atoms with E-state index < -0.39 is 5.97 Å². The highest BCUT2D eigenvalue weighted by Crippen LogP contribution is 2.65. The molecule has 0 heterocycles. The molecular formula is C21H30O3. The lowest BCUT2D eigenvalue weighted by molar-refractivity contribution is -0.137. The molecule has 0 radical (unpaired) electrons. The quantitative estimate of drug-likeness (QED) is 0.714. The lowest BCUT2D eigenvalue weighted by atomic mass is 9.45. The van der Waals surface area contributed by atoms with Gasteiger partial charge in [-0.3, -0.25) is 4.79 Å². The molecule has 132 valence electrons. The Labute approximate surface area is 144 Å². The van der Waals surface area contributed by atoms with Gasteiger partial charge in [-0.25, -0.2) is 4.79 Å². The predicted molar refractivity (Wildman–Crippen MR) is 92.5 cm³/mol. The highest BCUT2D eigenvalue weighted by atomic mass is 16.4. The second-order valence-corrected chi connectivity index (χ2v) is 9.42. The van der Waals surface area contributed by atoms with Crippen molar-refractivity contribution in [3.05, 3.63) is 11.6 Å². The Morgan fingerprint density at radius 3 is 2.62 bits per heavy atom. The maximum absolute atomic E-state index is 12.4. The summed E-state index contributed by atoms with van der Waals surface area (Å²) >= 11 is 0. The standard InChI is InChI=1S/C21H30O3/c1-20-9-7-13(12-19(23)24)11-14(20)3-4-15-16-5-6-18(22)21(16,2)10-8-17(15)20/h12,14-17H,3-11H2,1-2H3,(H,23,24)/b13-12-/t14-,15+,16+,17+,20+,21+/m1/s1. The summed E-state index contributed by atoms with van der Waals surface area (Å²) in [5.74, 6) is 2.44. The number of Topliss-reactive ketones (excluding diaryl/α,β-unsaturated/α-hetero) is 1. The van der Waals surface area contributed by atoms with Crippen LogP contribution in [0.4, 0.5) is 0 Å². The molecule has 0 aromatic rings. The first-order valence-corrected chi connectivity index (χ1v) is 9.80. The van der Waals surface area contributed by atoms with Crippen molar-refractivity contribution in [3.8, 4) is 0 Å². The molecule has 0 aromatic heterocycles. The Bertz CT molecular complexity index is 606. The molecular weight excluding hydrogens is 300 g/mol. The van der Waals surface area contributed by atoms with Crippen LogP contribution in [-0.4, -0.2) is 16.9 Å². The van der Waals surface area contributed by atoms with Crippen LogP contribution in [0.25, 0.3) is 0 Å². The van der Waals surface area contributed by atoms with Crippen LogP contribution in [0.15, 0.2) is 11.6 Å². The summed E-state index contributed by atoms with van der Waals surface area (Å²) in [4.78, 5) is 23.5. The third-order valence-electron chi connectivity index (χ3n) is 8.60. The van der Waals surface area contributed by atoms with Crippen LogP contribution in [-0.2, 0) is 9.59 Å². The first-order chi connectivity index (χ1) is 11.3. The molecule has 0 spiro atoms. The minimum atomic E-state index is -0.791. The average molecular weight is 330 g/mol. The third-order valence-corrected chi connectivity index (χ3v) is 8.60. The van der Waals surface area contributed by atoms with Crippen molar-refractivity contribution in [3.63, 3.8) is 0 Å². The molecule has 0 saturated heterocycles. The number of carboxylic acids is 1. The highest BCUT2D eigenvalue weighted by molar-refractivity contribution is 5.87. The van der Waals surface area contributed by atoms with Gasteiger partial charge >= 0.3 is 5.97 Å². The van der Waals surface area contributed by atoms with Crippen molar-refractivity contribution in [2.45, 2.75) is 71.6 Å². The van der Waals surface area contributed by atoms with Crippen LogP contribution in [0.1, 0.15) is 71.6 Å². The molecule has 4 aliphatic carbocycles. The normalized spacial score (nSPS) is 49.4. The fraction of sp³-hybridized carbons (Fsp3) is 0.810. The van der Waals surface area contributed by atoms with Crippen LogP contribution in [0, 0.1) is 34.5 Å². The molecule has 0 unspecified atom stereocenters. The minimum Gasteiger partial charge on any atom is -0.478 e. The molecule has 0 amide bonds. The molecule has 1 N–H and O–H groups in total. The molecule has 0 aliphatic heterocycles. The zero-order valence-corrected chi connectivity index (χ0v) is 15.0. The summed E-state index contributed by atoms with van der Waals surface area (Å²) in [6.45, 7) is 4.72. The number of carbonyl (C=O) groups excluding carboxylic acids is 1. The van der Waals surface area contributed by atoms with Crippen molar-refractivity contribution in [1.29, 1.82) is 0 Å². The Hall–Kier alpha value is -1.12. The van der Waals surface area contributed by atoms with E-state index in [9.17, 15) is 9.59 Å². The molecule has 4 aliphatic rings. The summed E-state index contributed by atoms with van der Waals surface area (Å²) in [5, 5.41) is 9.06. The molecule has 4 rings (SSSR count). The van der Waals surface area contributed by atoms with Gasteiger partial charge in [0.1, 0.15) is 5.78 Å². The summed E-state index contributed by atoms with van der Waals surface area (Å²) < 4.78 is 0. The van der Waals surface area contributed by atoms with Crippen molar-refractivity contribution >= 4 is 11.8 Å². The number of rotatable bonds is 1. The number of carbonyl (C=O) groups is 2. The maximum Gasteiger partial charge on any atom is 0.328 e. The van der Waals surface area contributed by atoms with Crippen LogP contribution < -0.4 is 0 Å². The predicted octanol–water partition coefficient (Wildman–Crippen LogP) is 4.61. The summed E-state index contributed by atoms with van der Waals surface area (Å²) in [7, 11) is 0. The number of aliphatic carboxylic acids is 1. The molecule has 4 saturated carbocycles. The van der Waals surface area contributed by atoms with Gasteiger partial charge in [0.25, 0.3) is 0 Å². The maximum atomic E-state index is 12.4. The number of allylic oxidation sites excluding steroid dienone is 1. The molecule has 6 atom stereocenters. The van der Waals surface area contributed by atoms with Crippen molar-refractivity contribution in [1.82, 2.24) is 0 Å². The molecule has 24 heavy (non-hydrogen) atoms. The van der Waals surface area contributed by atoms with Crippen LogP contribution in [0.5, 0.6) is 0 Å². The number of carboxylic acid groups (broad SMARTS) is 1. The third kappa shape index (κ3) is 2.23. The van der Waals surface area contributed by atoms with E-state index in [1.54, 1.807) is 0 Å². The van der Waals surface area contributed by atoms with Gasteiger partial charge in [0.05, 0.1) is 0 Å². The first-order valence-electron chi connectivity index (χ1n) is 9.80. The van der Waals surface area contributed by atoms with E-state index >= 15 is 0 Å². The lowest BCUT2D eigenvalue weighted by Crippen LogP contribution is -2.53. The Balaban J connectivity index is 1.59. The largest absolute Gasteiger partial charge is 0.478 e. The molecule has 0 aromatic carbocycles. The van der Waals surface area contributed by atoms with Gasteiger partial charge < -0.3 is 5.11 Å². The first kappa shape index (κ1) is 16.4. The fourth-order valence-corrected chi connectivity index (χ4v) is 7.18. The van der Waals surface area contributed by atoms with Crippen LogP contribution >= 0.6 is 0 Å². The topological polar surface area (TPSA) is 54.4 Å². The Morgan fingerprint density at radius 1 is 1.08 bits per heavy atom. The summed E-state index contributed by atoms with van der Waals surface area (Å²) in [6, 6.07) is 0. The minimum absolute atomic E-state index is 0.0343. The SMILES string of the molecule is C[C@]12CC/C(=C/C(=O)O)C[C@H]1CC[C@@H]1[C@@H]2CC[C@]2(C)C(=O)CC[C@@H]12. The molecule has 0 bridgehead atoms. The lowest BCUT2D eigenvalue weighted by Gasteiger charge is -2.59. The molecule has 4 fully saturated rings. The van der Waals surface area contributed by atoms with Crippen LogP contribution in [0.3, 0.4) is 0 Å². The van der Waals surface area contributed by atoms with Crippen LogP contribution in [0.2, 0.25) is 0 Å². The summed E-state index contributed by atoms with van der Waals surface area (Å²) in [5.41, 5.74) is 1.46. The van der Waals surface area contributed by atoms with Crippen molar-refractivity contribution in [2.24, 2.45) is 34.5 Å². The smallest absolute Gasteiger partial charge is 0.328 e. The molecule has 3 heteroatoms. The number of ketones is 1. The van der Waals surface area contributed by atoms with E-state index in [4.69, 9.17) is 5.11 Å². The second-order valence-electron chi connectivity index (χ2n) is 9.42. The number of hydrogen-bond acceptors (Lipinski definition) is 2. The number of fused-ring (bicyclic) bond motifs is 5. The van der Waals surface area contributed by atoms with E-state index in [0.29, 0.717) is 23.0 Å². The van der Waals surface area contributed by atoms with Gasteiger partial charge in [0, 0.05) is 17.9 Å². The number of hydrogen-bond donors (Lipinski definition) is 1. The van der Waals surface area contributed by atoms with Gasteiger partial charge in [0.2, 0.25) is 0 Å². The van der Waals surface area contributed by atoms with Gasteiger partial charge in [-0.2, -0.15) is 0 Å². The Kier molecular flexibility index (Phi) is 3.71. The fourth-order valence-electron chi connectivity index (χ4n) is 7.18. The second kappa shape index (κ2) is 5.44. The van der Waals surface area contributed by atoms with E-state index in [1.165, 1.54) is 25.3 Å².